The Morgan fingerprint density at radius 3 is 2.03 bits per heavy atom. The molecule has 1 aromatic carbocycles. The Labute approximate surface area is 216 Å². The van der Waals surface area contributed by atoms with E-state index in [9.17, 15) is 26.3 Å². The molecule has 12 heteroatoms. The molecule has 1 saturated carbocycles. The van der Waals surface area contributed by atoms with Crippen LogP contribution >= 0.6 is 0 Å². The topological polar surface area (TPSA) is 36.9 Å². The highest BCUT2D eigenvalue weighted by atomic mass is 19.4. The van der Waals surface area contributed by atoms with E-state index in [0.29, 0.717) is 32.1 Å². The summed E-state index contributed by atoms with van der Waals surface area (Å²) in [7, 11) is 0. The van der Waals surface area contributed by atoms with E-state index < -0.39 is 58.9 Å². The molecule has 0 spiro atoms. The Bertz CT molecular complexity index is 944. The molecule has 0 N–H and O–H groups in total. The van der Waals surface area contributed by atoms with E-state index in [-0.39, 0.29) is 44.1 Å². The first-order valence-electron chi connectivity index (χ1n) is 12.6. The zero-order valence-electron chi connectivity index (χ0n) is 21.2. The molecule has 4 nitrogen and oxygen atoms in total. The van der Waals surface area contributed by atoms with E-state index in [1.54, 1.807) is 13.0 Å². The van der Waals surface area contributed by atoms with Crippen LogP contribution in [0.4, 0.5) is 35.1 Å². The predicted octanol–water partition coefficient (Wildman–Crippen LogP) is 8.16. The Morgan fingerprint density at radius 2 is 1.53 bits per heavy atom. The molecule has 3 rings (SSSR count). The first kappa shape index (κ1) is 30.5. The van der Waals surface area contributed by atoms with E-state index in [1.807, 2.05) is 0 Å². The second-order valence-electron chi connectivity index (χ2n) is 9.77. The zero-order valence-corrected chi connectivity index (χ0v) is 21.2. The average Bonchev–Trinajstić information content (AvgIpc) is 2.84. The van der Waals surface area contributed by atoms with Crippen molar-refractivity contribution in [3.8, 4) is 11.5 Å². The summed E-state index contributed by atoms with van der Waals surface area (Å²) in [6.45, 7) is 6.87. The Hall–Kier alpha value is -2.08. The van der Waals surface area contributed by atoms with Gasteiger partial charge in [-0.1, -0.05) is 19.4 Å². The molecule has 2 fully saturated rings. The third-order valence-corrected chi connectivity index (χ3v) is 6.90. The van der Waals surface area contributed by atoms with Gasteiger partial charge in [0, 0.05) is 11.8 Å². The van der Waals surface area contributed by atoms with Crippen LogP contribution in [0.3, 0.4) is 0 Å². The molecule has 1 heterocycles. The first-order chi connectivity index (χ1) is 17.7. The molecule has 1 saturated heterocycles. The SMILES string of the molecule is C=CC1COC(C2CCC(C(F)(F)Oc3c(C)cc(OCCCC)c(C(F)(F)F)c3C(F)(F)F)CC2)OC1. The van der Waals surface area contributed by atoms with Gasteiger partial charge in [-0.2, -0.15) is 35.1 Å². The van der Waals surface area contributed by atoms with Gasteiger partial charge in [0.25, 0.3) is 0 Å². The van der Waals surface area contributed by atoms with Crippen LogP contribution in [0.5, 0.6) is 11.5 Å². The van der Waals surface area contributed by atoms with Crippen LogP contribution in [-0.4, -0.2) is 32.2 Å². The molecule has 1 aliphatic heterocycles. The number of hydrogen-bond donors (Lipinski definition) is 0. The molecular weight excluding hydrogens is 528 g/mol. The summed E-state index contributed by atoms with van der Waals surface area (Å²) in [6.07, 6.45) is -13.2. The minimum atomic E-state index is -5.64. The lowest BCUT2D eigenvalue weighted by atomic mass is 9.80. The lowest BCUT2D eigenvalue weighted by Gasteiger charge is -2.38. The first-order valence-corrected chi connectivity index (χ1v) is 12.6. The van der Waals surface area contributed by atoms with Gasteiger partial charge in [-0.15, -0.1) is 6.58 Å². The van der Waals surface area contributed by atoms with Crippen molar-refractivity contribution >= 4 is 0 Å². The molecular formula is C26H32F8O4. The number of ether oxygens (including phenoxy) is 4. The van der Waals surface area contributed by atoms with Gasteiger partial charge in [-0.25, -0.2) is 0 Å². The van der Waals surface area contributed by atoms with Gasteiger partial charge in [0.05, 0.1) is 25.7 Å². The molecule has 0 unspecified atom stereocenters. The van der Waals surface area contributed by atoms with E-state index in [2.05, 4.69) is 11.3 Å². The third-order valence-electron chi connectivity index (χ3n) is 6.90. The maximum atomic E-state index is 15.2. The molecule has 2 aliphatic rings. The lowest BCUT2D eigenvalue weighted by molar-refractivity contribution is -0.246. The largest absolute Gasteiger partial charge is 0.493 e. The number of alkyl halides is 8. The van der Waals surface area contributed by atoms with Gasteiger partial charge in [0.2, 0.25) is 0 Å². The smallest absolute Gasteiger partial charge is 0.420 e. The number of unbranched alkanes of at least 4 members (excludes halogenated alkanes) is 1. The van der Waals surface area contributed by atoms with Crippen molar-refractivity contribution in [1.29, 1.82) is 0 Å². The van der Waals surface area contributed by atoms with Crippen molar-refractivity contribution in [3.63, 3.8) is 0 Å². The Kier molecular flexibility index (Phi) is 9.60. The fourth-order valence-electron chi connectivity index (χ4n) is 4.78. The summed E-state index contributed by atoms with van der Waals surface area (Å²) in [5.74, 6) is -4.29. The van der Waals surface area contributed by atoms with Crippen molar-refractivity contribution < 1.29 is 54.1 Å². The summed E-state index contributed by atoms with van der Waals surface area (Å²) in [6, 6.07) is 0.671. The zero-order chi connectivity index (χ0) is 28.3. The summed E-state index contributed by atoms with van der Waals surface area (Å²) < 4.78 is 135. The summed E-state index contributed by atoms with van der Waals surface area (Å²) in [4.78, 5) is 0. The Balaban J connectivity index is 1.85. The van der Waals surface area contributed by atoms with Crippen molar-refractivity contribution in [2.75, 3.05) is 19.8 Å². The Morgan fingerprint density at radius 1 is 0.947 bits per heavy atom. The van der Waals surface area contributed by atoms with Gasteiger partial charge in [0.1, 0.15) is 22.6 Å². The predicted molar refractivity (Wildman–Crippen MR) is 122 cm³/mol. The summed E-state index contributed by atoms with van der Waals surface area (Å²) in [5.41, 5.74) is -5.03. The average molecular weight is 561 g/mol. The number of halogens is 8. The van der Waals surface area contributed by atoms with Gasteiger partial charge >= 0.3 is 18.5 Å². The molecule has 0 bridgehead atoms. The van der Waals surface area contributed by atoms with Crippen molar-refractivity contribution in [3.05, 3.63) is 35.4 Å². The van der Waals surface area contributed by atoms with Gasteiger partial charge in [0.15, 0.2) is 6.29 Å². The van der Waals surface area contributed by atoms with E-state index in [4.69, 9.17) is 14.2 Å². The van der Waals surface area contributed by atoms with Crippen molar-refractivity contribution in [2.45, 2.75) is 77.1 Å². The normalized spacial score (nSPS) is 25.2. The highest BCUT2D eigenvalue weighted by Crippen LogP contribution is 2.52. The van der Waals surface area contributed by atoms with E-state index in [1.165, 1.54) is 0 Å². The standard InChI is InChI=1S/C26H32F8O4/c1-4-6-11-35-19-12-15(3)22(21(25(30,31)32)20(19)24(27,28)29)38-26(33,34)18-9-7-17(8-10-18)23-36-13-16(5-2)14-37-23/h5,12,16-18,23H,2,4,6-11,13-14H2,1,3H3. The second-order valence-corrected chi connectivity index (χ2v) is 9.77. The molecule has 0 amide bonds. The number of aryl methyl sites for hydroxylation is 1. The van der Waals surface area contributed by atoms with Crippen LogP contribution in [-0.2, 0) is 21.8 Å². The molecule has 1 aromatic rings. The molecule has 38 heavy (non-hydrogen) atoms. The number of rotatable bonds is 9. The molecule has 1 aliphatic carbocycles. The molecule has 216 valence electrons. The lowest BCUT2D eigenvalue weighted by Crippen LogP contribution is -2.42. The summed E-state index contributed by atoms with van der Waals surface area (Å²) >= 11 is 0. The highest BCUT2D eigenvalue weighted by Gasteiger charge is 2.52. The molecule has 0 aromatic heterocycles. The summed E-state index contributed by atoms with van der Waals surface area (Å²) in [5, 5.41) is 0. The number of hydrogen-bond acceptors (Lipinski definition) is 4. The van der Waals surface area contributed by atoms with Crippen LogP contribution in [0.1, 0.15) is 62.1 Å². The van der Waals surface area contributed by atoms with Crippen molar-refractivity contribution in [1.82, 2.24) is 0 Å². The quantitative estimate of drug-likeness (QED) is 0.174. The fourth-order valence-corrected chi connectivity index (χ4v) is 4.78. The van der Waals surface area contributed by atoms with Gasteiger partial charge < -0.3 is 18.9 Å². The molecule has 0 atom stereocenters. The van der Waals surface area contributed by atoms with E-state index in [0.717, 1.165) is 6.92 Å². The highest BCUT2D eigenvalue weighted by molar-refractivity contribution is 5.56. The van der Waals surface area contributed by atoms with Crippen LogP contribution in [0.2, 0.25) is 0 Å². The third kappa shape index (κ3) is 7.11. The van der Waals surface area contributed by atoms with Crippen LogP contribution in [0.15, 0.2) is 18.7 Å². The van der Waals surface area contributed by atoms with E-state index >= 15 is 8.78 Å². The second kappa shape index (κ2) is 12.0. The minimum Gasteiger partial charge on any atom is -0.493 e. The van der Waals surface area contributed by atoms with Gasteiger partial charge in [-0.05, 0) is 50.7 Å². The molecule has 0 radical (unpaired) electrons. The monoisotopic (exact) mass is 560 g/mol. The van der Waals surface area contributed by atoms with Crippen molar-refractivity contribution in [2.24, 2.45) is 17.8 Å². The fraction of sp³-hybridized carbons (Fsp3) is 0.692. The van der Waals surface area contributed by atoms with Crippen LogP contribution in [0.25, 0.3) is 0 Å². The van der Waals surface area contributed by atoms with Gasteiger partial charge in [-0.3, -0.25) is 0 Å². The van der Waals surface area contributed by atoms with Crippen LogP contribution < -0.4 is 9.47 Å². The number of benzene rings is 1. The minimum absolute atomic E-state index is 0.0245. The maximum Gasteiger partial charge on any atom is 0.420 e. The maximum absolute atomic E-state index is 15.2. The van der Waals surface area contributed by atoms with Crippen LogP contribution in [0, 0.1) is 24.7 Å².